The number of likely N-dealkylation sites (tertiary alicyclic amines) is 1. The Hall–Kier alpha value is -3.09. The summed E-state index contributed by atoms with van der Waals surface area (Å²) in [5.41, 5.74) is 3.37. The van der Waals surface area contributed by atoms with Crippen molar-refractivity contribution in [1.82, 2.24) is 29.4 Å². The lowest BCUT2D eigenvalue weighted by Gasteiger charge is -2.32. The molecular weight excluding hydrogens is 340 g/mol. The molecule has 0 unspecified atom stereocenters. The van der Waals surface area contributed by atoms with Gasteiger partial charge in [-0.3, -0.25) is 14.8 Å². The number of nitrogens with zero attached hydrogens (tertiary/aromatic N) is 6. The molecule has 1 aliphatic rings. The van der Waals surface area contributed by atoms with Gasteiger partial charge in [-0.1, -0.05) is 0 Å². The van der Waals surface area contributed by atoms with Crippen molar-refractivity contribution in [3.8, 4) is 11.4 Å². The minimum absolute atomic E-state index is 0.0495. The predicted molar refractivity (Wildman–Crippen MR) is 101 cm³/mol. The molecule has 3 aromatic heterocycles. The van der Waals surface area contributed by atoms with Crippen LogP contribution in [0, 0.1) is 6.92 Å². The van der Waals surface area contributed by atoms with Gasteiger partial charge in [0.15, 0.2) is 0 Å². The fourth-order valence-electron chi connectivity index (χ4n) is 3.52. The van der Waals surface area contributed by atoms with Crippen molar-refractivity contribution in [2.45, 2.75) is 25.7 Å². The predicted octanol–water partition coefficient (Wildman–Crippen LogP) is 2.60. The first-order chi connectivity index (χ1) is 13.1. The SMILES string of the molecule is Cc1ncc(-c2cncc([C@@H]3CCCN(C(=O)c4ccncc4)C3)n2)n1C. The lowest BCUT2D eigenvalue weighted by Crippen LogP contribution is -2.39. The molecular formula is C20H22N6O. The zero-order chi connectivity index (χ0) is 18.8. The van der Waals surface area contributed by atoms with Crippen molar-refractivity contribution in [3.63, 3.8) is 0 Å². The molecule has 0 bridgehead atoms. The number of pyridine rings is 1. The van der Waals surface area contributed by atoms with Gasteiger partial charge in [0, 0.05) is 50.2 Å². The third kappa shape index (κ3) is 3.45. The number of aromatic nitrogens is 5. The third-order valence-electron chi connectivity index (χ3n) is 5.19. The Bertz CT molecular complexity index is 952. The number of aryl methyl sites for hydroxylation is 1. The first-order valence-electron chi connectivity index (χ1n) is 9.13. The van der Waals surface area contributed by atoms with Gasteiger partial charge in [0.25, 0.3) is 5.91 Å². The second kappa shape index (κ2) is 7.26. The summed E-state index contributed by atoms with van der Waals surface area (Å²) in [6.07, 6.45) is 10.7. The number of piperidine rings is 1. The number of hydrogen-bond acceptors (Lipinski definition) is 5. The van der Waals surface area contributed by atoms with Gasteiger partial charge in [-0.05, 0) is 31.9 Å². The van der Waals surface area contributed by atoms with Gasteiger partial charge in [0.1, 0.15) is 11.5 Å². The Labute approximate surface area is 158 Å². The van der Waals surface area contributed by atoms with E-state index in [1.54, 1.807) is 30.7 Å². The normalized spacial score (nSPS) is 17.1. The molecule has 0 radical (unpaired) electrons. The van der Waals surface area contributed by atoms with Crippen LogP contribution in [-0.2, 0) is 7.05 Å². The Balaban J connectivity index is 1.56. The number of imidazole rings is 1. The molecule has 1 fully saturated rings. The van der Waals surface area contributed by atoms with Gasteiger partial charge in [0.2, 0.25) is 0 Å². The van der Waals surface area contributed by atoms with Gasteiger partial charge < -0.3 is 9.47 Å². The molecule has 27 heavy (non-hydrogen) atoms. The van der Waals surface area contributed by atoms with E-state index in [1.807, 2.05) is 35.8 Å². The van der Waals surface area contributed by atoms with Crippen LogP contribution in [0.15, 0.2) is 43.1 Å². The van der Waals surface area contributed by atoms with Crippen LogP contribution in [0.3, 0.4) is 0 Å². The summed E-state index contributed by atoms with van der Waals surface area (Å²) in [7, 11) is 1.97. The number of hydrogen-bond donors (Lipinski definition) is 0. The highest BCUT2D eigenvalue weighted by atomic mass is 16.2. The lowest BCUT2D eigenvalue weighted by molar-refractivity contribution is 0.0705. The standard InChI is InChI=1S/C20H22N6O/c1-14-23-12-19(25(14)2)18-11-22-10-17(24-18)16-4-3-9-26(13-16)20(27)15-5-7-21-8-6-15/h5-8,10-12,16H,3-4,9,13H2,1-2H3/t16-/m1/s1. The van der Waals surface area contributed by atoms with E-state index in [9.17, 15) is 4.79 Å². The second-order valence-electron chi connectivity index (χ2n) is 6.91. The Morgan fingerprint density at radius 3 is 2.70 bits per heavy atom. The summed E-state index contributed by atoms with van der Waals surface area (Å²) in [5.74, 6) is 1.17. The summed E-state index contributed by atoms with van der Waals surface area (Å²) < 4.78 is 2.01. The Morgan fingerprint density at radius 2 is 1.96 bits per heavy atom. The molecule has 3 aromatic rings. The van der Waals surface area contributed by atoms with E-state index >= 15 is 0 Å². The Kier molecular flexibility index (Phi) is 4.66. The molecule has 7 heteroatoms. The van der Waals surface area contributed by atoms with Crippen molar-refractivity contribution in [2.75, 3.05) is 13.1 Å². The van der Waals surface area contributed by atoms with E-state index in [0.717, 1.165) is 42.3 Å². The van der Waals surface area contributed by atoms with E-state index in [1.165, 1.54) is 0 Å². The van der Waals surface area contributed by atoms with Crippen molar-refractivity contribution in [3.05, 3.63) is 60.2 Å². The van der Waals surface area contributed by atoms with Crippen molar-refractivity contribution < 1.29 is 4.79 Å². The van der Waals surface area contributed by atoms with Crippen LogP contribution in [0.4, 0.5) is 0 Å². The summed E-state index contributed by atoms with van der Waals surface area (Å²) in [6.45, 7) is 3.39. The van der Waals surface area contributed by atoms with E-state index < -0.39 is 0 Å². The molecule has 138 valence electrons. The molecule has 1 saturated heterocycles. The lowest BCUT2D eigenvalue weighted by atomic mass is 9.94. The van der Waals surface area contributed by atoms with Crippen LogP contribution < -0.4 is 0 Å². The van der Waals surface area contributed by atoms with Gasteiger partial charge in [-0.2, -0.15) is 0 Å². The smallest absolute Gasteiger partial charge is 0.253 e. The van der Waals surface area contributed by atoms with E-state index in [0.29, 0.717) is 12.1 Å². The molecule has 0 spiro atoms. The molecule has 1 aliphatic heterocycles. The molecule has 4 rings (SSSR count). The van der Waals surface area contributed by atoms with Gasteiger partial charge >= 0.3 is 0 Å². The minimum Gasteiger partial charge on any atom is -0.338 e. The van der Waals surface area contributed by atoms with E-state index in [2.05, 4.69) is 15.0 Å². The molecule has 4 heterocycles. The summed E-state index contributed by atoms with van der Waals surface area (Å²) in [4.78, 5) is 32.2. The van der Waals surface area contributed by atoms with Gasteiger partial charge in [0.05, 0.1) is 23.8 Å². The van der Waals surface area contributed by atoms with Crippen LogP contribution in [0.25, 0.3) is 11.4 Å². The zero-order valence-corrected chi connectivity index (χ0v) is 15.5. The van der Waals surface area contributed by atoms with Crippen LogP contribution in [0.5, 0.6) is 0 Å². The van der Waals surface area contributed by atoms with E-state index in [-0.39, 0.29) is 11.8 Å². The summed E-state index contributed by atoms with van der Waals surface area (Å²) in [5, 5.41) is 0. The molecule has 0 saturated carbocycles. The van der Waals surface area contributed by atoms with Gasteiger partial charge in [-0.15, -0.1) is 0 Å². The maximum atomic E-state index is 12.8. The second-order valence-corrected chi connectivity index (χ2v) is 6.91. The van der Waals surface area contributed by atoms with E-state index in [4.69, 9.17) is 4.98 Å². The average Bonchev–Trinajstić information content (AvgIpc) is 3.07. The van der Waals surface area contributed by atoms with Crippen molar-refractivity contribution >= 4 is 5.91 Å². The molecule has 0 N–H and O–H groups in total. The monoisotopic (exact) mass is 362 g/mol. The largest absolute Gasteiger partial charge is 0.338 e. The maximum absolute atomic E-state index is 12.8. The highest BCUT2D eigenvalue weighted by molar-refractivity contribution is 5.94. The molecule has 0 aliphatic carbocycles. The van der Waals surface area contributed by atoms with Gasteiger partial charge in [-0.25, -0.2) is 9.97 Å². The molecule has 1 amide bonds. The number of carbonyl (C=O) groups is 1. The molecule has 0 aromatic carbocycles. The van der Waals surface area contributed by atoms with Crippen LogP contribution >= 0.6 is 0 Å². The highest BCUT2D eigenvalue weighted by Crippen LogP contribution is 2.28. The quantitative estimate of drug-likeness (QED) is 0.716. The zero-order valence-electron chi connectivity index (χ0n) is 15.5. The molecule has 1 atom stereocenters. The number of rotatable bonds is 3. The maximum Gasteiger partial charge on any atom is 0.253 e. The average molecular weight is 362 g/mol. The van der Waals surface area contributed by atoms with Crippen LogP contribution in [0.1, 0.15) is 40.6 Å². The summed E-state index contributed by atoms with van der Waals surface area (Å²) >= 11 is 0. The third-order valence-corrected chi connectivity index (χ3v) is 5.19. The van der Waals surface area contributed by atoms with Crippen molar-refractivity contribution in [1.29, 1.82) is 0 Å². The van der Waals surface area contributed by atoms with Crippen LogP contribution in [-0.4, -0.2) is 48.4 Å². The number of amides is 1. The topological polar surface area (TPSA) is 76.8 Å². The minimum atomic E-state index is 0.0495. The first-order valence-corrected chi connectivity index (χ1v) is 9.13. The molecule has 7 nitrogen and oxygen atoms in total. The fourth-order valence-corrected chi connectivity index (χ4v) is 3.52. The highest BCUT2D eigenvalue weighted by Gasteiger charge is 2.27. The first kappa shape index (κ1) is 17.3. The Morgan fingerprint density at radius 1 is 1.15 bits per heavy atom. The van der Waals surface area contributed by atoms with Crippen molar-refractivity contribution in [2.24, 2.45) is 7.05 Å². The number of carbonyl (C=O) groups excluding carboxylic acids is 1. The van der Waals surface area contributed by atoms with Crippen LogP contribution in [0.2, 0.25) is 0 Å². The summed E-state index contributed by atoms with van der Waals surface area (Å²) in [6, 6.07) is 3.52. The fraction of sp³-hybridized carbons (Fsp3) is 0.350.